The average Bonchev–Trinajstić information content (AvgIpc) is 2.30. The van der Waals surface area contributed by atoms with Crippen LogP contribution in [0.4, 0.5) is 10.5 Å². The smallest absolute Gasteiger partial charge is 0.319 e. The van der Waals surface area contributed by atoms with Gasteiger partial charge in [0.1, 0.15) is 0 Å². The maximum Gasteiger partial charge on any atom is 0.319 e. The second-order valence-electron chi connectivity index (χ2n) is 4.48. The van der Waals surface area contributed by atoms with Crippen LogP contribution in [0.25, 0.3) is 0 Å². The molecule has 1 aliphatic rings. The maximum atomic E-state index is 11.7. The number of anilines is 1. The van der Waals surface area contributed by atoms with Gasteiger partial charge < -0.3 is 15.7 Å². The fourth-order valence-electron chi connectivity index (χ4n) is 2.17. The molecular weight excluding hydrogens is 216 g/mol. The van der Waals surface area contributed by atoms with E-state index in [4.69, 9.17) is 0 Å². The summed E-state index contributed by atoms with van der Waals surface area (Å²) in [4.78, 5) is 11.7. The van der Waals surface area contributed by atoms with Crippen molar-refractivity contribution in [2.75, 3.05) is 5.32 Å². The molecule has 0 bridgehead atoms. The molecule has 4 heteroatoms. The highest BCUT2D eigenvalue weighted by Gasteiger charge is 2.21. The second-order valence-corrected chi connectivity index (χ2v) is 4.48. The number of urea groups is 1. The summed E-state index contributed by atoms with van der Waals surface area (Å²) in [7, 11) is 0. The van der Waals surface area contributed by atoms with Crippen LogP contribution in [-0.4, -0.2) is 23.3 Å². The summed E-state index contributed by atoms with van der Waals surface area (Å²) >= 11 is 0. The van der Waals surface area contributed by atoms with Crippen molar-refractivity contribution in [1.82, 2.24) is 5.32 Å². The number of para-hydroxylation sites is 1. The predicted molar refractivity (Wildman–Crippen MR) is 66.9 cm³/mol. The molecular formula is C13H18N2O2. The van der Waals surface area contributed by atoms with Gasteiger partial charge in [-0.15, -0.1) is 0 Å². The highest BCUT2D eigenvalue weighted by atomic mass is 16.3. The number of hydrogen-bond donors (Lipinski definition) is 3. The Balaban J connectivity index is 1.81. The van der Waals surface area contributed by atoms with Crippen LogP contribution in [-0.2, 0) is 0 Å². The summed E-state index contributed by atoms with van der Waals surface area (Å²) < 4.78 is 0. The van der Waals surface area contributed by atoms with Gasteiger partial charge in [0.2, 0.25) is 0 Å². The van der Waals surface area contributed by atoms with Crippen LogP contribution in [0, 0.1) is 0 Å². The number of rotatable bonds is 2. The zero-order valence-electron chi connectivity index (χ0n) is 9.73. The van der Waals surface area contributed by atoms with Gasteiger partial charge in [0.25, 0.3) is 0 Å². The summed E-state index contributed by atoms with van der Waals surface area (Å²) in [6.07, 6.45) is 3.14. The molecule has 1 aromatic carbocycles. The number of benzene rings is 1. The molecule has 1 saturated carbocycles. The Hall–Kier alpha value is -1.55. The summed E-state index contributed by atoms with van der Waals surface area (Å²) in [6, 6.07) is 9.23. The van der Waals surface area contributed by atoms with Gasteiger partial charge in [-0.05, 0) is 37.8 Å². The van der Waals surface area contributed by atoms with Gasteiger partial charge in [0.15, 0.2) is 0 Å². The number of carbonyl (C=O) groups is 1. The average molecular weight is 234 g/mol. The minimum atomic E-state index is -0.272. The van der Waals surface area contributed by atoms with E-state index in [9.17, 15) is 9.90 Å². The highest BCUT2D eigenvalue weighted by Crippen LogP contribution is 2.18. The van der Waals surface area contributed by atoms with Crippen molar-refractivity contribution >= 4 is 11.7 Å². The van der Waals surface area contributed by atoms with Gasteiger partial charge in [-0.1, -0.05) is 18.2 Å². The zero-order chi connectivity index (χ0) is 12.1. The van der Waals surface area contributed by atoms with E-state index in [0.29, 0.717) is 6.42 Å². The predicted octanol–water partition coefficient (Wildman–Crippen LogP) is 2.11. The lowest BCUT2D eigenvalue weighted by molar-refractivity contribution is 0.114. The van der Waals surface area contributed by atoms with E-state index < -0.39 is 0 Å². The summed E-state index contributed by atoms with van der Waals surface area (Å²) in [5, 5.41) is 15.2. The van der Waals surface area contributed by atoms with E-state index in [1.165, 1.54) is 0 Å². The molecule has 2 rings (SSSR count). The lowest BCUT2D eigenvalue weighted by Gasteiger charge is -2.26. The van der Waals surface area contributed by atoms with E-state index in [0.717, 1.165) is 24.9 Å². The number of amides is 2. The molecule has 0 heterocycles. The molecule has 0 spiro atoms. The fourth-order valence-corrected chi connectivity index (χ4v) is 2.17. The Labute approximate surface area is 101 Å². The number of hydrogen-bond acceptors (Lipinski definition) is 2. The van der Waals surface area contributed by atoms with Crippen molar-refractivity contribution in [3.8, 4) is 0 Å². The third-order valence-electron chi connectivity index (χ3n) is 3.01. The second kappa shape index (κ2) is 5.68. The summed E-state index contributed by atoms with van der Waals surface area (Å²) in [5.41, 5.74) is 0.779. The van der Waals surface area contributed by atoms with E-state index in [-0.39, 0.29) is 18.2 Å². The number of nitrogens with one attached hydrogen (secondary N) is 2. The number of carbonyl (C=O) groups excluding carboxylic acids is 1. The van der Waals surface area contributed by atoms with Crippen LogP contribution < -0.4 is 10.6 Å². The van der Waals surface area contributed by atoms with Crippen molar-refractivity contribution in [1.29, 1.82) is 0 Å². The number of aliphatic hydroxyl groups is 1. The minimum Gasteiger partial charge on any atom is -0.393 e. The van der Waals surface area contributed by atoms with Crippen LogP contribution in [0.3, 0.4) is 0 Å². The molecule has 92 valence electrons. The van der Waals surface area contributed by atoms with Crippen LogP contribution in [0.2, 0.25) is 0 Å². The van der Waals surface area contributed by atoms with Gasteiger partial charge in [0, 0.05) is 11.7 Å². The topological polar surface area (TPSA) is 61.4 Å². The van der Waals surface area contributed by atoms with Crippen molar-refractivity contribution < 1.29 is 9.90 Å². The zero-order valence-corrected chi connectivity index (χ0v) is 9.73. The van der Waals surface area contributed by atoms with Gasteiger partial charge in [-0.3, -0.25) is 0 Å². The molecule has 0 aromatic heterocycles. The van der Waals surface area contributed by atoms with Gasteiger partial charge in [0.05, 0.1) is 6.10 Å². The van der Waals surface area contributed by atoms with Crippen molar-refractivity contribution in [3.05, 3.63) is 30.3 Å². The summed E-state index contributed by atoms with van der Waals surface area (Å²) in [6.45, 7) is 0. The SMILES string of the molecule is O=C(Nc1ccccc1)N[C@@H]1CCC[C@@H](O)C1. The molecule has 1 aromatic rings. The summed E-state index contributed by atoms with van der Waals surface area (Å²) in [5.74, 6) is 0. The molecule has 4 nitrogen and oxygen atoms in total. The van der Waals surface area contributed by atoms with Gasteiger partial charge in [-0.2, -0.15) is 0 Å². The largest absolute Gasteiger partial charge is 0.393 e. The first-order valence-corrected chi connectivity index (χ1v) is 6.04. The van der Waals surface area contributed by atoms with Gasteiger partial charge >= 0.3 is 6.03 Å². The van der Waals surface area contributed by atoms with Crippen LogP contribution in [0.1, 0.15) is 25.7 Å². The van der Waals surface area contributed by atoms with Crippen LogP contribution in [0.15, 0.2) is 30.3 Å². The molecule has 17 heavy (non-hydrogen) atoms. The normalized spacial score (nSPS) is 24.1. The monoisotopic (exact) mass is 234 g/mol. The third kappa shape index (κ3) is 3.75. The molecule has 0 aliphatic heterocycles. The Kier molecular flexibility index (Phi) is 3.98. The van der Waals surface area contributed by atoms with E-state index in [1.54, 1.807) is 0 Å². The Morgan fingerprint density at radius 2 is 2.00 bits per heavy atom. The first-order valence-electron chi connectivity index (χ1n) is 6.04. The van der Waals surface area contributed by atoms with Crippen molar-refractivity contribution in [3.63, 3.8) is 0 Å². The van der Waals surface area contributed by atoms with Crippen LogP contribution >= 0.6 is 0 Å². The molecule has 0 saturated heterocycles. The Morgan fingerprint density at radius 3 is 2.71 bits per heavy atom. The van der Waals surface area contributed by atoms with Crippen molar-refractivity contribution in [2.45, 2.75) is 37.8 Å². The Morgan fingerprint density at radius 1 is 1.24 bits per heavy atom. The van der Waals surface area contributed by atoms with Crippen molar-refractivity contribution in [2.24, 2.45) is 0 Å². The molecule has 0 radical (unpaired) electrons. The first kappa shape index (κ1) is 11.9. The lowest BCUT2D eigenvalue weighted by Crippen LogP contribution is -2.41. The first-order chi connectivity index (χ1) is 8.24. The quantitative estimate of drug-likeness (QED) is 0.734. The fraction of sp³-hybridized carbons (Fsp3) is 0.462. The van der Waals surface area contributed by atoms with E-state index >= 15 is 0 Å². The molecule has 1 fully saturated rings. The molecule has 0 unspecified atom stereocenters. The molecule has 1 aliphatic carbocycles. The standard InChI is InChI=1S/C13H18N2O2/c16-12-8-4-7-11(9-12)15-13(17)14-10-5-2-1-3-6-10/h1-3,5-6,11-12,16H,4,7-9H2,(H2,14,15,17)/t11-,12-/m1/s1. The molecule has 2 atom stereocenters. The van der Waals surface area contributed by atoms with E-state index in [2.05, 4.69) is 10.6 Å². The van der Waals surface area contributed by atoms with Crippen LogP contribution in [0.5, 0.6) is 0 Å². The lowest BCUT2D eigenvalue weighted by atomic mass is 9.93. The maximum absolute atomic E-state index is 11.7. The third-order valence-corrected chi connectivity index (χ3v) is 3.01. The Bertz CT molecular complexity index is 367. The number of aliphatic hydroxyl groups excluding tert-OH is 1. The van der Waals surface area contributed by atoms with Gasteiger partial charge in [-0.25, -0.2) is 4.79 Å². The highest BCUT2D eigenvalue weighted by molar-refractivity contribution is 5.89. The van der Waals surface area contributed by atoms with E-state index in [1.807, 2.05) is 30.3 Å². The minimum absolute atomic E-state index is 0.0856. The molecule has 3 N–H and O–H groups in total. The molecule has 2 amide bonds.